The van der Waals surface area contributed by atoms with E-state index in [1.807, 2.05) is 12.1 Å². The first-order valence-corrected chi connectivity index (χ1v) is 7.17. The van der Waals surface area contributed by atoms with Gasteiger partial charge in [-0.1, -0.05) is 12.5 Å². The van der Waals surface area contributed by atoms with E-state index in [1.54, 1.807) is 19.3 Å². The summed E-state index contributed by atoms with van der Waals surface area (Å²) in [6, 6.07) is 3.71. The number of pyridine rings is 1. The summed E-state index contributed by atoms with van der Waals surface area (Å²) in [6.45, 7) is 2.01. The van der Waals surface area contributed by atoms with Crippen molar-refractivity contribution in [3.63, 3.8) is 0 Å². The van der Waals surface area contributed by atoms with Crippen molar-refractivity contribution in [3.05, 3.63) is 30.1 Å². The molecular weight excluding hydrogens is 256 g/mol. The van der Waals surface area contributed by atoms with Crippen LogP contribution in [0.2, 0.25) is 0 Å². The summed E-state index contributed by atoms with van der Waals surface area (Å²) in [5, 5.41) is 10.9. The molecule has 1 aliphatic carbocycles. The Hall–Kier alpha value is -1.62. The van der Waals surface area contributed by atoms with Gasteiger partial charge in [-0.15, -0.1) is 0 Å². The first-order valence-electron chi connectivity index (χ1n) is 7.17. The predicted octanol–water partition coefficient (Wildman–Crippen LogP) is 2.45. The Balaban J connectivity index is 1.86. The topological polar surface area (TPSA) is 62.7 Å². The van der Waals surface area contributed by atoms with E-state index in [0.717, 1.165) is 37.7 Å². The van der Waals surface area contributed by atoms with Crippen molar-refractivity contribution in [1.29, 1.82) is 0 Å². The molecule has 1 N–H and O–H groups in total. The maximum absolute atomic E-state index is 12.2. The third-order valence-corrected chi connectivity index (χ3v) is 4.62. The molecule has 5 heteroatoms. The molecule has 3 rings (SSSR count). The van der Waals surface area contributed by atoms with E-state index in [-0.39, 0.29) is 0 Å². The molecule has 1 aromatic heterocycles. The summed E-state index contributed by atoms with van der Waals surface area (Å²) in [5.41, 5.74) is -1.12. The lowest BCUT2D eigenvalue weighted by Gasteiger charge is -2.42. The van der Waals surface area contributed by atoms with Crippen molar-refractivity contribution in [3.8, 4) is 0 Å². The summed E-state index contributed by atoms with van der Waals surface area (Å²) < 4.78 is 5.61. The molecule has 1 saturated heterocycles. The van der Waals surface area contributed by atoms with E-state index in [4.69, 9.17) is 4.74 Å². The number of nitrogens with zero attached hydrogens (tertiary/aromatic N) is 2. The monoisotopic (exact) mass is 276 g/mol. The number of hydrogen-bond donors (Lipinski definition) is 1. The second-order valence-electron chi connectivity index (χ2n) is 5.89. The molecule has 1 atom stereocenters. The number of rotatable bonds is 2. The van der Waals surface area contributed by atoms with Crippen molar-refractivity contribution in [1.82, 2.24) is 9.88 Å². The molecule has 2 heterocycles. The quantitative estimate of drug-likeness (QED) is 0.901. The van der Waals surface area contributed by atoms with Crippen LogP contribution in [0.25, 0.3) is 0 Å². The van der Waals surface area contributed by atoms with Crippen LogP contribution in [0.1, 0.15) is 44.6 Å². The third-order valence-electron chi connectivity index (χ3n) is 4.62. The van der Waals surface area contributed by atoms with Crippen LogP contribution in [0.4, 0.5) is 4.79 Å². The van der Waals surface area contributed by atoms with Gasteiger partial charge in [0.25, 0.3) is 0 Å². The standard InChI is InChI=1S/C15H20N2O3/c1-14(19)15(7-3-2-4-8-15)20-13(18)17(14)11-12-6-5-9-16-10-12/h5-6,9-10,19H,2-4,7-8,11H2,1H3/t14-/m1/s1. The van der Waals surface area contributed by atoms with Crippen LogP contribution >= 0.6 is 0 Å². The van der Waals surface area contributed by atoms with Crippen LogP contribution in [0, 0.1) is 0 Å². The lowest BCUT2D eigenvalue weighted by molar-refractivity contribution is -0.160. The van der Waals surface area contributed by atoms with E-state index in [1.165, 1.54) is 4.90 Å². The van der Waals surface area contributed by atoms with E-state index in [9.17, 15) is 9.90 Å². The minimum Gasteiger partial charge on any atom is -0.438 e. The van der Waals surface area contributed by atoms with Gasteiger partial charge in [0.2, 0.25) is 0 Å². The van der Waals surface area contributed by atoms with Crippen molar-refractivity contribution in [2.45, 2.75) is 56.9 Å². The van der Waals surface area contributed by atoms with Gasteiger partial charge in [-0.05, 0) is 44.2 Å². The van der Waals surface area contributed by atoms with Gasteiger partial charge in [0.1, 0.15) is 0 Å². The number of amides is 1. The van der Waals surface area contributed by atoms with E-state index < -0.39 is 17.4 Å². The molecule has 1 aromatic rings. The fraction of sp³-hybridized carbons (Fsp3) is 0.600. The van der Waals surface area contributed by atoms with Crippen LogP contribution < -0.4 is 0 Å². The fourth-order valence-electron chi connectivity index (χ4n) is 3.33. The molecule has 0 radical (unpaired) electrons. The second kappa shape index (κ2) is 4.74. The minimum atomic E-state index is -1.26. The van der Waals surface area contributed by atoms with Crippen LogP contribution in [-0.4, -0.2) is 32.4 Å². The van der Waals surface area contributed by atoms with Crippen molar-refractivity contribution in [2.75, 3.05) is 0 Å². The highest BCUT2D eigenvalue weighted by Crippen LogP contribution is 2.47. The molecular formula is C15H20N2O3. The van der Waals surface area contributed by atoms with Gasteiger partial charge in [0, 0.05) is 12.4 Å². The zero-order chi connectivity index (χ0) is 14.2. The molecule has 0 aromatic carbocycles. The highest BCUT2D eigenvalue weighted by atomic mass is 16.6. The fourth-order valence-corrected chi connectivity index (χ4v) is 3.33. The first-order chi connectivity index (χ1) is 9.55. The predicted molar refractivity (Wildman–Crippen MR) is 72.7 cm³/mol. The molecule has 2 aliphatic rings. The number of carbonyl (C=O) groups is 1. The van der Waals surface area contributed by atoms with Crippen molar-refractivity contribution >= 4 is 6.09 Å². The summed E-state index contributed by atoms with van der Waals surface area (Å²) in [4.78, 5) is 17.7. The number of carbonyl (C=O) groups excluding carboxylic acids is 1. The highest BCUT2D eigenvalue weighted by molar-refractivity contribution is 5.72. The number of aromatic nitrogens is 1. The normalized spacial score (nSPS) is 28.7. The molecule has 20 heavy (non-hydrogen) atoms. The molecule has 2 fully saturated rings. The largest absolute Gasteiger partial charge is 0.438 e. The van der Waals surface area contributed by atoms with Crippen molar-refractivity contribution in [2.24, 2.45) is 0 Å². The minimum absolute atomic E-state index is 0.321. The van der Waals surface area contributed by atoms with Gasteiger partial charge in [-0.25, -0.2) is 4.79 Å². The first kappa shape index (κ1) is 13.4. The molecule has 0 unspecified atom stereocenters. The summed E-state index contributed by atoms with van der Waals surface area (Å²) in [7, 11) is 0. The molecule has 1 spiro atoms. The van der Waals surface area contributed by atoms with Crippen LogP contribution in [0.15, 0.2) is 24.5 Å². The lowest BCUT2D eigenvalue weighted by Crippen LogP contribution is -2.56. The Bertz CT molecular complexity index is 495. The lowest BCUT2D eigenvalue weighted by atomic mass is 9.77. The highest BCUT2D eigenvalue weighted by Gasteiger charge is 2.61. The second-order valence-corrected chi connectivity index (χ2v) is 5.89. The van der Waals surface area contributed by atoms with Gasteiger partial charge in [-0.2, -0.15) is 0 Å². The smallest absolute Gasteiger partial charge is 0.413 e. The summed E-state index contributed by atoms with van der Waals surface area (Å²) in [5.74, 6) is 0. The summed E-state index contributed by atoms with van der Waals surface area (Å²) in [6.07, 6.45) is 7.54. The molecule has 1 amide bonds. The third kappa shape index (κ3) is 1.97. The molecule has 5 nitrogen and oxygen atoms in total. The van der Waals surface area contributed by atoms with Crippen LogP contribution in [0.3, 0.4) is 0 Å². The SMILES string of the molecule is C[C@]1(O)N(Cc2cccnc2)C(=O)OC12CCCCC2. The van der Waals surface area contributed by atoms with E-state index in [2.05, 4.69) is 4.98 Å². The molecule has 0 bridgehead atoms. The number of hydrogen-bond acceptors (Lipinski definition) is 4. The average molecular weight is 276 g/mol. The molecule has 1 aliphatic heterocycles. The Morgan fingerprint density at radius 2 is 2.15 bits per heavy atom. The van der Waals surface area contributed by atoms with E-state index in [0.29, 0.717) is 6.54 Å². The molecule has 1 saturated carbocycles. The van der Waals surface area contributed by atoms with Gasteiger partial charge in [-0.3, -0.25) is 9.88 Å². The van der Waals surface area contributed by atoms with Crippen LogP contribution in [0.5, 0.6) is 0 Å². The van der Waals surface area contributed by atoms with Gasteiger partial charge in [0.15, 0.2) is 11.3 Å². The van der Waals surface area contributed by atoms with Crippen LogP contribution in [-0.2, 0) is 11.3 Å². The Labute approximate surface area is 118 Å². The Morgan fingerprint density at radius 3 is 2.80 bits per heavy atom. The number of aliphatic hydroxyl groups is 1. The van der Waals surface area contributed by atoms with Gasteiger partial charge < -0.3 is 9.84 Å². The van der Waals surface area contributed by atoms with Crippen molar-refractivity contribution < 1.29 is 14.6 Å². The zero-order valence-electron chi connectivity index (χ0n) is 11.7. The molecule has 108 valence electrons. The average Bonchev–Trinajstić information content (AvgIpc) is 2.62. The van der Waals surface area contributed by atoms with Gasteiger partial charge >= 0.3 is 6.09 Å². The van der Waals surface area contributed by atoms with E-state index >= 15 is 0 Å². The number of ether oxygens (including phenoxy) is 1. The Morgan fingerprint density at radius 1 is 1.40 bits per heavy atom. The summed E-state index contributed by atoms with van der Waals surface area (Å²) >= 11 is 0. The Kier molecular flexibility index (Phi) is 3.17. The maximum Gasteiger partial charge on any atom is 0.413 e. The van der Waals surface area contributed by atoms with Gasteiger partial charge in [0.05, 0.1) is 6.54 Å². The maximum atomic E-state index is 12.2. The zero-order valence-corrected chi connectivity index (χ0v) is 11.7.